The van der Waals surface area contributed by atoms with Gasteiger partial charge in [-0.2, -0.15) is 0 Å². The van der Waals surface area contributed by atoms with E-state index in [0.29, 0.717) is 22.6 Å². The molecule has 0 bridgehead atoms. The number of rotatable bonds is 11. The molecule has 1 aromatic heterocycles. The average molecular weight is 519 g/mol. The van der Waals surface area contributed by atoms with Crippen molar-refractivity contribution in [2.75, 3.05) is 20.3 Å². The van der Waals surface area contributed by atoms with Crippen LogP contribution in [0.4, 0.5) is 4.39 Å². The lowest BCUT2D eigenvalue weighted by molar-refractivity contribution is -0.158. The zero-order chi connectivity index (χ0) is 26.3. The van der Waals surface area contributed by atoms with Gasteiger partial charge in [0.1, 0.15) is 5.82 Å². The van der Waals surface area contributed by atoms with Crippen LogP contribution in [0.15, 0.2) is 53.1 Å². The lowest BCUT2D eigenvalue weighted by Gasteiger charge is -2.31. The van der Waals surface area contributed by atoms with E-state index >= 15 is 0 Å². The topological polar surface area (TPSA) is 111 Å². The van der Waals surface area contributed by atoms with Crippen molar-refractivity contribution in [3.8, 4) is 17.0 Å². The molecule has 1 amide bonds. The standard InChI is InChI=1S/C26H28ClFN2O6/c1-4-35-25(33)26(2,15-34-3)14-19(29-24(32)22-13-23(31)30-36-22)11-16-5-7-17(8-6-16)20-12-18(27)9-10-21(20)28/h5-10,12-13,19H,4,11,14-15H2,1-3H3,(H,29,32)(H,30,31)/t19-,26?/m1/s1. The Morgan fingerprint density at radius 3 is 2.56 bits per heavy atom. The minimum absolute atomic E-state index is 0.0777. The maximum atomic E-state index is 14.3. The molecule has 2 aromatic carbocycles. The molecule has 3 aromatic rings. The number of aromatic nitrogens is 1. The predicted octanol–water partition coefficient (Wildman–Crippen LogP) is 4.79. The van der Waals surface area contributed by atoms with Crippen LogP contribution in [0.2, 0.25) is 5.02 Å². The molecule has 0 saturated carbocycles. The van der Waals surface area contributed by atoms with Crippen molar-refractivity contribution in [3.63, 3.8) is 0 Å². The van der Waals surface area contributed by atoms with Gasteiger partial charge in [0.25, 0.3) is 11.8 Å². The van der Waals surface area contributed by atoms with E-state index in [4.69, 9.17) is 25.6 Å². The SMILES string of the molecule is CCOC(=O)C(C)(COC)C[C@@H](Cc1ccc(-c2cc(Cl)ccc2F)cc1)NC(=O)c1cc(O)no1. The summed E-state index contributed by atoms with van der Waals surface area (Å²) in [7, 11) is 1.48. The summed E-state index contributed by atoms with van der Waals surface area (Å²) in [6.45, 7) is 3.70. The summed E-state index contributed by atoms with van der Waals surface area (Å²) < 4.78 is 29.7. The number of amides is 1. The van der Waals surface area contributed by atoms with Crippen LogP contribution < -0.4 is 5.32 Å². The molecule has 0 spiro atoms. The molecule has 8 nitrogen and oxygen atoms in total. The number of aromatic hydroxyl groups is 1. The van der Waals surface area contributed by atoms with Crippen molar-refractivity contribution in [3.05, 3.63) is 70.7 Å². The smallest absolute Gasteiger partial charge is 0.314 e. The Kier molecular flexibility index (Phi) is 9.06. The number of carbonyl (C=O) groups is 2. The van der Waals surface area contributed by atoms with Gasteiger partial charge in [-0.1, -0.05) is 35.9 Å². The Bertz CT molecular complexity index is 1200. The highest BCUT2D eigenvalue weighted by Crippen LogP contribution is 2.29. The molecule has 36 heavy (non-hydrogen) atoms. The quantitative estimate of drug-likeness (QED) is 0.351. The molecule has 0 aliphatic rings. The number of halogens is 2. The molecule has 0 fully saturated rings. The Balaban J connectivity index is 1.86. The van der Waals surface area contributed by atoms with Crippen LogP contribution in [0.25, 0.3) is 11.1 Å². The Morgan fingerprint density at radius 1 is 1.22 bits per heavy atom. The second-order valence-corrected chi connectivity index (χ2v) is 9.10. The maximum Gasteiger partial charge on any atom is 0.314 e. The minimum atomic E-state index is -1.05. The fraction of sp³-hybridized carbons (Fsp3) is 0.346. The first kappa shape index (κ1) is 27.2. The summed E-state index contributed by atoms with van der Waals surface area (Å²) in [5.41, 5.74) is 0.803. The van der Waals surface area contributed by atoms with Gasteiger partial charge in [0.2, 0.25) is 5.76 Å². The Morgan fingerprint density at radius 2 is 1.94 bits per heavy atom. The second-order valence-electron chi connectivity index (χ2n) is 8.66. The van der Waals surface area contributed by atoms with Gasteiger partial charge < -0.3 is 24.4 Å². The molecule has 3 rings (SSSR count). The van der Waals surface area contributed by atoms with Gasteiger partial charge in [0, 0.05) is 23.7 Å². The third-order valence-electron chi connectivity index (χ3n) is 5.66. The minimum Gasteiger partial charge on any atom is -0.491 e. The number of benzene rings is 2. The van der Waals surface area contributed by atoms with Crippen LogP contribution in [0.1, 0.15) is 36.4 Å². The highest BCUT2D eigenvalue weighted by Gasteiger charge is 2.38. The van der Waals surface area contributed by atoms with Gasteiger partial charge in [-0.3, -0.25) is 9.59 Å². The van der Waals surface area contributed by atoms with Gasteiger partial charge >= 0.3 is 5.97 Å². The largest absolute Gasteiger partial charge is 0.491 e. The normalized spacial score (nSPS) is 13.6. The first-order valence-electron chi connectivity index (χ1n) is 11.3. The van der Waals surface area contributed by atoms with Crippen LogP contribution in [-0.4, -0.2) is 48.5 Å². The monoisotopic (exact) mass is 518 g/mol. The van der Waals surface area contributed by atoms with Crippen molar-refractivity contribution in [2.45, 2.75) is 32.7 Å². The molecular formula is C26H28ClFN2O6. The van der Waals surface area contributed by atoms with E-state index < -0.39 is 35.0 Å². The van der Waals surface area contributed by atoms with Gasteiger partial charge in [-0.15, -0.1) is 0 Å². The van der Waals surface area contributed by atoms with E-state index in [9.17, 15) is 19.1 Å². The van der Waals surface area contributed by atoms with E-state index in [0.717, 1.165) is 11.6 Å². The number of esters is 1. The Hall–Kier alpha value is -3.43. The third kappa shape index (κ3) is 6.83. The maximum absolute atomic E-state index is 14.3. The van der Waals surface area contributed by atoms with Crippen LogP contribution in [-0.2, 0) is 20.7 Å². The molecule has 0 aliphatic carbocycles. The summed E-state index contributed by atoms with van der Waals surface area (Å²) in [6, 6.07) is 12.0. The fourth-order valence-electron chi connectivity index (χ4n) is 4.00. The predicted molar refractivity (Wildman–Crippen MR) is 131 cm³/mol. The summed E-state index contributed by atoms with van der Waals surface area (Å²) in [5, 5.41) is 16.0. The first-order valence-corrected chi connectivity index (χ1v) is 11.7. The van der Waals surface area contributed by atoms with Crippen LogP contribution in [0.3, 0.4) is 0 Å². The summed E-state index contributed by atoms with van der Waals surface area (Å²) in [5.74, 6) is -2.04. The van der Waals surface area contributed by atoms with Gasteiger partial charge in [0.15, 0.2) is 0 Å². The zero-order valence-electron chi connectivity index (χ0n) is 20.2. The molecule has 1 unspecified atom stereocenters. The highest BCUT2D eigenvalue weighted by molar-refractivity contribution is 6.30. The van der Waals surface area contributed by atoms with Crippen molar-refractivity contribution >= 4 is 23.5 Å². The van der Waals surface area contributed by atoms with E-state index in [2.05, 4.69) is 10.5 Å². The number of hydrogen-bond donors (Lipinski definition) is 2. The van der Waals surface area contributed by atoms with E-state index in [1.807, 2.05) is 12.1 Å². The lowest BCUT2D eigenvalue weighted by Crippen LogP contribution is -2.45. The van der Waals surface area contributed by atoms with Gasteiger partial charge in [0.05, 0.1) is 24.7 Å². The molecule has 2 atom stereocenters. The third-order valence-corrected chi connectivity index (χ3v) is 5.90. The number of methoxy groups -OCH3 is 1. The Labute approximate surface area is 213 Å². The van der Waals surface area contributed by atoms with Crippen LogP contribution in [0, 0.1) is 11.2 Å². The van der Waals surface area contributed by atoms with Gasteiger partial charge in [-0.05, 0) is 61.2 Å². The molecule has 0 aliphatic heterocycles. The molecular weight excluding hydrogens is 491 g/mol. The van der Waals surface area contributed by atoms with E-state index in [-0.39, 0.29) is 25.4 Å². The number of ether oxygens (including phenoxy) is 2. The molecule has 192 valence electrons. The van der Waals surface area contributed by atoms with Crippen LogP contribution in [0.5, 0.6) is 5.88 Å². The average Bonchev–Trinajstić information content (AvgIpc) is 3.28. The van der Waals surface area contributed by atoms with Crippen molar-refractivity contribution < 1.29 is 33.1 Å². The number of hydrogen-bond acceptors (Lipinski definition) is 7. The number of nitrogens with one attached hydrogen (secondary N) is 1. The molecule has 2 N–H and O–H groups in total. The molecule has 1 heterocycles. The molecule has 0 saturated heterocycles. The zero-order valence-corrected chi connectivity index (χ0v) is 21.0. The highest BCUT2D eigenvalue weighted by atomic mass is 35.5. The van der Waals surface area contributed by atoms with E-state index in [1.54, 1.807) is 32.0 Å². The molecule has 0 radical (unpaired) electrons. The number of carbonyl (C=O) groups excluding carboxylic acids is 2. The first-order chi connectivity index (χ1) is 17.1. The second kappa shape index (κ2) is 12.0. The lowest BCUT2D eigenvalue weighted by atomic mass is 9.82. The fourth-order valence-corrected chi connectivity index (χ4v) is 4.17. The van der Waals surface area contributed by atoms with Crippen molar-refractivity contribution in [1.29, 1.82) is 0 Å². The van der Waals surface area contributed by atoms with E-state index in [1.165, 1.54) is 19.2 Å². The van der Waals surface area contributed by atoms with Crippen molar-refractivity contribution in [1.82, 2.24) is 10.5 Å². The number of nitrogens with zero attached hydrogens (tertiary/aromatic N) is 1. The summed E-state index contributed by atoms with van der Waals surface area (Å²) in [6.07, 6.45) is 0.527. The molecule has 10 heteroatoms. The van der Waals surface area contributed by atoms with Crippen LogP contribution >= 0.6 is 11.6 Å². The van der Waals surface area contributed by atoms with Crippen molar-refractivity contribution in [2.24, 2.45) is 5.41 Å². The summed E-state index contributed by atoms with van der Waals surface area (Å²) in [4.78, 5) is 25.5. The van der Waals surface area contributed by atoms with Gasteiger partial charge in [-0.25, -0.2) is 4.39 Å². The summed E-state index contributed by atoms with van der Waals surface area (Å²) >= 11 is 6.02.